The number of aliphatic hydroxyl groups is 1. The smallest absolute Gasteiger partial charge is 0.155 e. The Balaban J connectivity index is 2.52. The number of aromatic nitrogens is 3. The number of benzene rings is 1. The van der Waals surface area contributed by atoms with Crippen LogP contribution in [-0.2, 0) is 0 Å². The molecule has 1 aromatic carbocycles. The maximum atomic E-state index is 9.12. The van der Waals surface area contributed by atoms with Crippen LogP contribution >= 0.6 is 0 Å². The van der Waals surface area contributed by atoms with Gasteiger partial charge in [-0.05, 0) is 26.0 Å². The van der Waals surface area contributed by atoms with E-state index in [2.05, 4.69) is 10.3 Å². The third-order valence-corrected chi connectivity index (χ3v) is 2.45. The van der Waals surface area contributed by atoms with Gasteiger partial charge in [0.25, 0.3) is 0 Å². The first-order chi connectivity index (χ1) is 7.77. The zero-order valence-electron chi connectivity index (χ0n) is 9.42. The molecule has 0 aliphatic carbocycles. The minimum Gasteiger partial charge on any atom is -0.491 e. The minimum absolute atomic E-state index is 0.0390. The van der Waals surface area contributed by atoms with E-state index in [1.54, 1.807) is 4.68 Å². The molecule has 5 nitrogen and oxygen atoms in total. The Morgan fingerprint density at radius 2 is 2.31 bits per heavy atom. The van der Waals surface area contributed by atoms with E-state index in [4.69, 9.17) is 9.84 Å². The average molecular weight is 221 g/mol. The van der Waals surface area contributed by atoms with Crippen LogP contribution in [0.3, 0.4) is 0 Å². The van der Waals surface area contributed by atoms with Crippen molar-refractivity contribution in [2.75, 3.05) is 13.2 Å². The summed E-state index contributed by atoms with van der Waals surface area (Å²) in [6, 6.07) is 5.61. The van der Waals surface area contributed by atoms with Crippen molar-refractivity contribution in [3.05, 3.63) is 18.2 Å². The molecule has 0 spiro atoms. The first-order valence-corrected chi connectivity index (χ1v) is 5.35. The van der Waals surface area contributed by atoms with Crippen molar-refractivity contribution >= 4 is 11.0 Å². The summed E-state index contributed by atoms with van der Waals surface area (Å²) in [5, 5.41) is 17.2. The summed E-state index contributed by atoms with van der Waals surface area (Å²) < 4.78 is 7.17. The average Bonchev–Trinajstić information content (AvgIpc) is 2.73. The standard InChI is InChI=1S/C11H15N3O2/c1-3-16-10-6-4-5-9-11(10)12-13-14(9)8(2)7-15/h4-6,8,15H,3,7H2,1-2H3. The molecular formula is C11H15N3O2. The molecule has 2 aromatic rings. The quantitative estimate of drug-likeness (QED) is 0.847. The van der Waals surface area contributed by atoms with Crippen LogP contribution in [0, 0.1) is 0 Å². The largest absolute Gasteiger partial charge is 0.491 e. The second-order valence-corrected chi connectivity index (χ2v) is 3.62. The van der Waals surface area contributed by atoms with Crippen molar-refractivity contribution in [3.8, 4) is 5.75 Å². The Labute approximate surface area is 93.6 Å². The van der Waals surface area contributed by atoms with Gasteiger partial charge in [0.1, 0.15) is 5.75 Å². The predicted molar refractivity (Wildman–Crippen MR) is 60.5 cm³/mol. The van der Waals surface area contributed by atoms with Crippen LogP contribution in [0.2, 0.25) is 0 Å². The van der Waals surface area contributed by atoms with Crippen LogP contribution in [0.5, 0.6) is 5.75 Å². The highest BCUT2D eigenvalue weighted by molar-refractivity contribution is 5.81. The number of nitrogens with zero attached hydrogens (tertiary/aromatic N) is 3. The Kier molecular flexibility index (Phi) is 3.05. The Morgan fingerprint density at radius 1 is 1.50 bits per heavy atom. The number of aliphatic hydroxyl groups excluding tert-OH is 1. The monoisotopic (exact) mass is 221 g/mol. The molecule has 1 heterocycles. The van der Waals surface area contributed by atoms with Crippen LogP contribution < -0.4 is 4.74 Å². The molecule has 0 radical (unpaired) electrons. The highest BCUT2D eigenvalue weighted by Gasteiger charge is 2.13. The Bertz CT molecular complexity index is 481. The van der Waals surface area contributed by atoms with Gasteiger partial charge in [0, 0.05) is 0 Å². The second kappa shape index (κ2) is 4.49. The van der Waals surface area contributed by atoms with Gasteiger partial charge in [-0.2, -0.15) is 0 Å². The van der Waals surface area contributed by atoms with Crippen molar-refractivity contribution in [1.29, 1.82) is 0 Å². The molecule has 0 aliphatic rings. The highest BCUT2D eigenvalue weighted by atomic mass is 16.5. The van der Waals surface area contributed by atoms with E-state index in [0.717, 1.165) is 16.8 Å². The lowest BCUT2D eigenvalue weighted by molar-refractivity contribution is 0.231. The Morgan fingerprint density at radius 3 is 3.00 bits per heavy atom. The maximum absolute atomic E-state index is 9.12. The topological polar surface area (TPSA) is 60.2 Å². The van der Waals surface area contributed by atoms with E-state index in [9.17, 15) is 0 Å². The van der Waals surface area contributed by atoms with Gasteiger partial charge in [-0.3, -0.25) is 0 Å². The summed E-state index contributed by atoms with van der Waals surface area (Å²) in [7, 11) is 0. The van der Waals surface area contributed by atoms with Crippen molar-refractivity contribution in [1.82, 2.24) is 15.0 Å². The molecule has 0 amide bonds. The van der Waals surface area contributed by atoms with Crippen LogP contribution in [-0.4, -0.2) is 33.3 Å². The van der Waals surface area contributed by atoms with E-state index in [0.29, 0.717) is 6.61 Å². The van der Waals surface area contributed by atoms with E-state index >= 15 is 0 Å². The van der Waals surface area contributed by atoms with Gasteiger partial charge in [0.15, 0.2) is 5.52 Å². The van der Waals surface area contributed by atoms with Gasteiger partial charge >= 0.3 is 0 Å². The highest BCUT2D eigenvalue weighted by Crippen LogP contribution is 2.24. The van der Waals surface area contributed by atoms with Gasteiger partial charge in [0.2, 0.25) is 0 Å². The molecule has 0 fully saturated rings. The van der Waals surface area contributed by atoms with Crippen LogP contribution in [0.25, 0.3) is 11.0 Å². The molecule has 16 heavy (non-hydrogen) atoms. The van der Waals surface area contributed by atoms with Crippen molar-refractivity contribution in [2.24, 2.45) is 0 Å². The molecule has 0 saturated heterocycles. The molecule has 86 valence electrons. The summed E-state index contributed by atoms with van der Waals surface area (Å²) in [6.07, 6.45) is 0. The van der Waals surface area contributed by atoms with E-state index in [1.165, 1.54) is 0 Å². The van der Waals surface area contributed by atoms with Crippen molar-refractivity contribution in [2.45, 2.75) is 19.9 Å². The van der Waals surface area contributed by atoms with E-state index < -0.39 is 0 Å². The summed E-state index contributed by atoms with van der Waals surface area (Å²) >= 11 is 0. The molecule has 0 bridgehead atoms. The van der Waals surface area contributed by atoms with Gasteiger partial charge < -0.3 is 9.84 Å². The first-order valence-electron chi connectivity index (χ1n) is 5.35. The maximum Gasteiger partial charge on any atom is 0.155 e. The fourth-order valence-corrected chi connectivity index (χ4v) is 1.61. The normalized spacial score (nSPS) is 12.9. The Hall–Kier alpha value is -1.62. The fraction of sp³-hybridized carbons (Fsp3) is 0.455. The number of ether oxygens (including phenoxy) is 1. The van der Waals surface area contributed by atoms with Crippen LogP contribution in [0.1, 0.15) is 19.9 Å². The second-order valence-electron chi connectivity index (χ2n) is 3.62. The number of hydrogen-bond donors (Lipinski definition) is 1. The van der Waals surface area contributed by atoms with Crippen LogP contribution in [0.15, 0.2) is 18.2 Å². The third kappa shape index (κ3) is 1.74. The molecule has 5 heteroatoms. The molecule has 1 atom stereocenters. The predicted octanol–water partition coefficient (Wildman–Crippen LogP) is 1.38. The fourth-order valence-electron chi connectivity index (χ4n) is 1.61. The lowest BCUT2D eigenvalue weighted by atomic mass is 10.2. The van der Waals surface area contributed by atoms with E-state index in [1.807, 2.05) is 32.0 Å². The molecule has 1 N–H and O–H groups in total. The number of fused-ring (bicyclic) bond motifs is 1. The lowest BCUT2D eigenvalue weighted by Gasteiger charge is -2.08. The molecule has 1 aromatic heterocycles. The zero-order valence-corrected chi connectivity index (χ0v) is 9.42. The van der Waals surface area contributed by atoms with Gasteiger partial charge in [-0.15, -0.1) is 5.10 Å². The molecule has 1 unspecified atom stereocenters. The molecule has 2 rings (SSSR count). The zero-order chi connectivity index (χ0) is 11.5. The van der Waals surface area contributed by atoms with Crippen LogP contribution in [0.4, 0.5) is 0 Å². The summed E-state index contributed by atoms with van der Waals surface area (Å²) in [4.78, 5) is 0. The minimum atomic E-state index is -0.0816. The lowest BCUT2D eigenvalue weighted by Crippen LogP contribution is -2.10. The molecular weight excluding hydrogens is 206 g/mol. The summed E-state index contributed by atoms with van der Waals surface area (Å²) in [5.74, 6) is 0.733. The SMILES string of the molecule is CCOc1cccc2c1nnn2C(C)CO. The van der Waals surface area contributed by atoms with Gasteiger partial charge in [0.05, 0.1) is 24.8 Å². The molecule has 0 saturated carbocycles. The van der Waals surface area contributed by atoms with E-state index in [-0.39, 0.29) is 12.6 Å². The van der Waals surface area contributed by atoms with Crippen molar-refractivity contribution in [3.63, 3.8) is 0 Å². The van der Waals surface area contributed by atoms with Gasteiger partial charge in [-0.25, -0.2) is 4.68 Å². The van der Waals surface area contributed by atoms with Crippen molar-refractivity contribution < 1.29 is 9.84 Å². The number of rotatable bonds is 4. The van der Waals surface area contributed by atoms with Gasteiger partial charge in [-0.1, -0.05) is 11.3 Å². The third-order valence-electron chi connectivity index (χ3n) is 2.45. The summed E-state index contributed by atoms with van der Waals surface area (Å²) in [6.45, 7) is 4.46. The summed E-state index contributed by atoms with van der Waals surface area (Å²) in [5.41, 5.74) is 1.62. The molecule has 0 aliphatic heterocycles. The number of hydrogen-bond acceptors (Lipinski definition) is 4. The first kappa shape index (κ1) is 10.9.